The van der Waals surface area contributed by atoms with Crippen LogP contribution in [-0.2, 0) is 28.2 Å². The smallest absolute Gasteiger partial charge is 0.350 e. The van der Waals surface area contributed by atoms with E-state index in [1.807, 2.05) is 36.4 Å². The van der Waals surface area contributed by atoms with Crippen molar-refractivity contribution in [3.05, 3.63) is 113 Å². The molecule has 0 N–H and O–H groups in total. The van der Waals surface area contributed by atoms with Crippen LogP contribution in [0.5, 0.6) is 5.75 Å². The van der Waals surface area contributed by atoms with Crippen molar-refractivity contribution in [1.29, 1.82) is 0 Å². The Morgan fingerprint density at radius 1 is 0.889 bits per heavy atom. The molecule has 0 bridgehead atoms. The van der Waals surface area contributed by atoms with Gasteiger partial charge in [-0.25, -0.2) is 32.5 Å². The van der Waals surface area contributed by atoms with Crippen molar-refractivity contribution in [3.8, 4) is 11.4 Å². The molecule has 0 amide bonds. The van der Waals surface area contributed by atoms with Crippen molar-refractivity contribution >= 4 is 11.4 Å². The first-order valence-corrected chi connectivity index (χ1v) is 18.4. The molecule has 54 heavy (non-hydrogen) atoms. The number of nitrogens with zero attached hydrogens (tertiary/aromatic N) is 8. The van der Waals surface area contributed by atoms with Crippen LogP contribution in [0.2, 0.25) is 0 Å². The Hall–Kier alpha value is -5.08. The Labute approximate surface area is 313 Å². The minimum Gasteiger partial charge on any atom is -0.488 e. The van der Waals surface area contributed by atoms with E-state index in [2.05, 4.69) is 71.7 Å². The van der Waals surface area contributed by atoms with Gasteiger partial charge in [-0.1, -0.05) is 40.7 Å². The number of hydrogen-bond donors (Lipinski definition) is 0. The lowest BCUT2D eigenvalue weighted by atomic mass is 9.74. The topological polar surface area (TPSA) is 105 Å². The number of piperazine rings is 1. The van der Waals surface area contributed by atoms with Gasteiger partial charge in [0.2, 0.25) is 0 Å². The molecule has 2 aromatic heterocycles. The molecule has 2 aliphatic rings. The van der Waals surface area contributed by atoms with Gasteiger partial charge in [-0.05, 0) is 71.8 Å². The van der Waals surface area contributed by atoms with Gasteiger partial charge in [-0.3, -0.25) is 0 Å². The molecule has 286 valence electrons. The van der Waals surface area contributed by atoms with E-state index in [4.69, 9.17) is 14.2 Å². The quantitative estimate of drug-likeness (QED) is 0.155. The molecule has 7 rings (SSSR count). The van der Waals surface area contributed by atoms with Crippen LogP contribution in [0, 0.1) is 28.9 Å². The Morgan fingerprint density at radius 2 is 1.54 bits per heavy atom. The Kier molecular flexibility index (Phi) is 10.6. The Bertz CT molecular complexity index is 2050. The van der Waals surface area contributed by atoms with E-state index in [0.29, 0.717) is 24.1 Å². The van der Waals surface area contributed by atoms with E-state index in [1.165, 1.54) is 29.5 Å². The minimum atomic E-state index is -1.24. The van der Waals surface area contributed by atoms with Crippen molar-refractivity contribution in [2.24, 2.45) is 17.3 Å². The number of benzene rings is 3. The summed E-state index contributed by atoms with van der Waals surface area (Å²) in [6, 6.07) is 19.4. The van der Waals surface area contributed by atoms with Gasteiger partial charge in [0.25, 0.3) is 0 Å². The maximum Gasteiger partial charge on any atom is 0.350 e. The highest BCUT2D eigenvalue weighted by molar-refractivity contribution is 5.54. The van der Waals surface area contributed by atoms with E-state index in [1.54, 1.807) is 15.6 Å². The van der Waals surface area contributed by atoms with Gasteiger partial charge in [0.05, 0.1) is 25.4 Å². The first kappa shape index (κ1) is 37.2. The fourth-order valence-corrected chi connectivity index (χ4v) is 7.65. The van der Waals surface area contributed by atoms with Gasteiger partial charge < -0.3 is 24.0 Å². The molecule has 0 radical (unpaired) electrons. The lowest BCUT2D eigenvalue weighted by molar-refractivity contribution is -0.117. The maximum atomic E-state index is 14.9. The maximum absolute atomic E-state index is 14.9. The molecule has 0 spiro atoms. The van der Waals surface area contributed by atoms with Crippen molar-refractivity contribution < 1.29 is 23.0 Å². The summed E-state index contributed by atoms with van der Waals surface area (Å²) in [6.07, 6.45) is 3.73. The fourth-order valence-electron chi connectivity index (χ4n) is 7.65. The molecule has 3 unspecified atom stereocenters. The number of anilines is 2. The van der Waals surface area contributed by atoms with Gasteiger partial charge in [0, 0.05) is 49.2 Å². The van der Waals surface area contributed by atoms with Gasteiger partial charge in [0.15, 0.2) is 6.29 Å². The van der Waals surface area contributed by atoms with Crippen LogP contribution >= 0.6 is 0 Å². The zero-order valence-corrected chi connectivity index (χ0v) is 31.4. The molecule has 0 aliphatic carbocycles. The summed E-state index contributed by atoms with van der Waals surface area (Å²) < 4.78 is 51.6. The molecule has 2 fully saturated rings. The second-order valence-corrected chi connectivity index (χ2v) is 15.5. The van der Waals surface area contributed by atoms with E-state index in [0.717, 1.165) is 49.3 Å². The van der Waals surface area contributed by atoms with Crippen LogP contribution < -0.4 is 20.2 Å². The molecule has 5 aromatic rings. The highest BCUT2D eigenvalue weighted by Gasteiger charge is 2.46. The predicted octanol–water partition coefficient (Wildman–Crippen LogP) is 5.90. The molecule has 0 saturated carbocycles. The van der Waals surface area contributed by atoms with Gasteiger partial charge in [-0.2, -0.15) is 10.2 Å². The molecular formula is C40H48F2N8O4. The molecule has 2 saturated heterocycles. The van der Waals surface area contributed by atoms with E-state index in [9.17, 15) is 13.6 Å². The molecule has 14 heteroatoms. The predicted molar refractivity (Wildman–Crippen MR) is 201 cm³/mol. The Balaban J connectivity index is 0.915. The molecular weight excluding hydrogens is 694 g/mol. The first-order chi connectivity index (χ1) is 25.9. The molecule has 4 heterocycles. The zero-order valence-electron chi connectivity index (χ0n) is 31.4. The van der Waals surface area contributed by atoms with Crippen molar-refractivity contribution in [3.63, 3.8) is 0 Å². The monoisotopic (exact) mass is 742 g/mol. The van der Waals surface area contributed by atoms with E-state index < -0.39 is 23.5 Å². The van der Waals surface area contributed by atoms with Gasteiger partial charge in [-0.15, -0.1) is 0 Å². The summed E-state index contributed by atoms with van der Waals surface area (Å²) in [5.41, 5.74) is 1.88. The summed E-state index contributed by atoms with van der Waals surface area (Å²) >= 11 is 0. The first-order valence-electron chi connectivity index (χ1n) is 18.4. The van der Waals surface area contributed by atoms with Crippen LogP contribution in [-0.4, -0.2) is 74.8 Å². The van der Waals surface area contributed by atoms with Crippen molar-refractivity contribution in [2.45, 2.75) is 59.6 Å². The summed E-state index contributed by atoms with van der Waals surface area (Å²) in [6.45, 7) is 15.2. The molecule has 2 aliphatic heterocycles. The highest BCUT2D eigenvalue weighted by Crippen LogP contribution is 2.37. The number of ether oxygens (including phenoxy) is 3. The normalized spacial score (nSPS) is 19.8. The zero-order chi connectivity index (χ0) is 38.0. The molecule has 12 nitrogen and oxygen atoms in total. The third-order valence-electron chi connectivity index (χ3n) is 10.5. The standard InChI is InChI=1S/C40H48F2N8O4/c1-28(2)35(39(3,4)5)21-50-38(51)49(27-45-50)32-9-7-30(8-10-32)46-16-18-47(19-17-46)31-11-13-33(14-12-31)52-22-37-53-24-40(54-37,23-48-26-43-25-44-48)34-15-6-29(41)20-36(34)42/h6-15,20,25-28,35,37H,16-19,21-24H2,1-5H3. The lowest BCUT2D eigenvalue weighted by Crippen LogP contribution is -2.46. The third kappa shape index (κ3) is 8.04. The largest absolute Gasteiger partial charge is 0.488 e. The van der Waals surface area contributed by atoms with E-state index >= 15 is 0 Å². The van der Waals surface area contributed by atoms with Crippen LogP contribution in [0.1, 0.15) is 40.2 Å². The lowest BCUT2D eigenvalue weighted by Gasteiger charge is -2.37. The Morgan fingerprint density at radius 3 is 2.13 bits per heavy atom. The fraction of sp³-hybridized carbons (Fsp3) is 0.450. The van der Waals surface area contributed by atoms with Crippen LogP contribution in [0.15, 0.2) is 90.5 Å². The number of aromatic nitrogens is 6. The summed E-state index contributed by atoms with van der Waals surface area (Å²) in [4.78, 5) is 21.9. The van der Waals surface area contributed by atoms with Crippen LogP contribution in [0.4, 0.5) is 20.2 Å². The average Bonchev–Trinajstić information content (AvgIpc) is 3.90. The summed E-state index contributed by atoms with van der Waals surface area (Å²) in [5.74, 6) is -0.00115. The van der Waals surface area contributed by atoms with Crippen LogP contribution in [0.3, 0.4) is 0 Å². The number of halogens is 2. The number of hydrogen-bond acceptors (Lipinski definition) is 9. The van der Waals surface area contributed by atoms with Crippen molar-refractivity contribution in [1.82, 2.24) is 29.1 Å². The second kappa shape index (κ2) is 15.3. The molecule has 3 aromatic carbocycles. The van der Waals surface area contributed by atoms with Gasteiger partial charge in [0.1, 0.15) is 48.6 Å². The third-order valence-corrected chi connectivity index (χ3v) is 10.5. The van der Waals surface area contributed by atoms with Crippen LogP contribution in [0.25, 0.3) is 5.69 Å². The second-order valence-electron chi connectivity index (χ2n) is 15.5. The minimum absolute atomic E-state index is 0.0287. The van der Waals surface area contributed by atoms with E-state index in [-0.39, 0.29) is 36.4 Å². The number of rotatable bonds is 12. The summed E-state index contributed by atoms with van der Waals surface area (Å²) in [7, 11) is 0. The molecule has 3 atom stereocenters. The summed E-state index contributed by atoms with van der Waals surface area (Å²) in [5, 5.41) is 8.59. The van der Waals surface area contributed by atoms with Gasteiger partial charge >= 0.3 is 5.69 Å². The van der Waals surface area contributed by atoms with Crippen molar-refractivity contribution in [2.75, 3.05) is 49.2 Å². The average molecular weight is 743 g/mol. The SMILES string of the molecule is CC(C)C(Cn1ncn(-c2ccc(N3CCN(c4ccc(OCC5OCC(Cn6cncn6)(c6ccc(F)cc6F)O5)cc4)CC3)cc2)c1=O)C(C)(C)C. The highest BCUT2D eigenvalue weighted by atomic mass is 19.1.